The van der Waals surface area contributed by atoms with Crippen molar-refractivity contribution < 1.29 is 4.92 Å². The number of anilines is 1. The molecule has 0 saturated carbocycles. The molecule has 2 heterocycles. The maximum Gasteiger partial charge on any atom is 0.406 e. The lowest BCUT2D eigenvalue weighted by molar-refractivity contribution is -0.388. The van der Waals surface area contributed by atoms with E-state index in [1.807, 2.05) is 0 Å². The van der Waals surface area contributed by atoms with E-state index < -0.39 is 4.92 Å². The second-order valence-corrected chi connectivity index (χ2v) is 5.59. The summed E-state index contributed by atoms with van der Waals surface area (Å²) in [5.41, 5.74) is 0.129. The maximum atomic E-state index is 11.0. The minimum atomic E-state index is -0.434. The Labute approximate surface area is 112 Å². The van der Waals surface area contributed by atoms with Crippen molar-refractivity contribution in [2.24, 2.45) is 12.5 Å². The molecule has 0 bridgehead atoms. The number of imidazole rings is 1. The van der Waals surface area contributed by atoms with Crippen molar-refractivity contribution in [3.63, 3.8) is 0 Å². The summed E-state index contributed by atoms with van der Waals surface area (Å²) in [5, 5.41) is 17.6. The molecule has 2 rings (SSSR count). The van der Waals surface area contributed by atoms with Crippen LogP contribution in [0.15, 0.2) is 0 Å². The van der Waals surface area contributed by atoms with E-state index in [0.717, 1.165) is 25.9 Å². The van der Waals surface area contributed by atoms with Gasteiger partial charge in [-0.25, -0.2) is 0 Å². The zero-order valence-electron chi connectivity index (χ0n) is 11.7. The van der Waals surface area contributed by atoms with Crippen molar-refractivity contribution in [3.8, 4) is 0 Å². The highest BCUT2D eigenvalue weighted by atomic mass is 16.6. The molecule has 0 radical (unpaired) electrons. The van der Waals surface area contributed by atoms with Crippen LogP contribution in [-0.2, 0) is 7.05 Å². The Morgan fingerprint density at radius 2 is 2.37 bits per heavy atom. The van der Waals surface area contributed by atoms with E-state index in [0.29, 0.717) is 18.2 Å². The summed E-state index contributed by atoms with van der Waals surface area (Å²) >= 11 is 0. The van der Waals surface area contributed by atoms with Gasteiger partial charge in [-0.1, -0.05) is 6.92 Å². The summed E-state index contributed by atoms with van der Waals surface area (Å²) < 4.78 is 1.73. The lowest BCUT2D eigenvalue weighted by Gasteiger charge is -2.34. The van der Waals surface area contributed by atoms with Crippen LogP contribution >= 0.6 is 0 Å². The average molecular weight is 267 g/mol. The smallest absolute Gasteiger partial charge is 0.364 e. The third-order valence-electron chi connectivity index (χ3n) is 3.84. The SMILES string of the molecule is Cc1nc([N+](=O)[O-])c(NCC2(C)CCCNC2)n1C. The first-order chi connectivity index (χ1) is 8.93. The molecular formula is C12H21N5O2. The lowest BCUT2D eigenvalue weighted by Crippen LogP contribution is -2.42. The van der Waals surface area contributed by atoms with Crippen LogP contribution in [0.4, 0.5) is 11.6 Å². The van der Waals surface area contributed by atoms with Gasteiger partial charge in [0.25, 0.3) is 0 Å². The average Bonchev–Trinajstić information content (AvgIpc) is 2.65. The third-order valence-corrected chi connectivity index (χ3v) is 3.84. The van der Waals surface area contributed by atoms with Crippen LogP contribution in [0.3, 0.4) is 0 Å². The Kier molecular flexibility index (Phi) is 3.75. The zero-order chi connectivity index (χ0) is 14.0. The fourth-order valence-electron chi connectivity index (χ4n) is 2.48. The Balaban J connectivity index is 2.12. The Morgan fingerprint density at radius 1 is 1.63 bits per heavy atom. The normalized spacial score (nSPS) is 23.3. The van der Waals surface area contributed by atoms with Gasteiger partial charge in [-0.15, -0.1) is 0 Å². The first-order valence-electron chi connectivity index (χ1n) is 6.55. The summed E-state index contributed by atoms with van der Waals surface area (Å²) in [6.07, 6.45) is 2.27. The van der Waals surface area contributed by atoms with Crippen molar-refractivity contribution in [2.75, 3.05) is 25.0 Å². The molecule has 1 unspecified atom stereocenters. The lowest BCUT2D eigenvalue weighted by atomic mass is 9.83. The van der Waals surface area contributed by atoms with Gasteiger partial charge in [0, 0.05) is 27.1 Å². The van der Waals surface area contributed by atoms with Gasteiger partial charge in [0.15, 0.2) is 0 Å². The van der Waals surface area contributed by atoms with E-state index in [4.69, 9.17) is 0 Å². The molecule has 1 atom stereocenters. The van der Waals surface area contributed by atoms with E-state index in [-0.39, 0.29) is 11.2 Å². The highest BCUT2D eigenvalue weighted by molar-refractivity contribution is 5.53. The highest BCUT2D eigenvalue weighted by Gasteiger charge is 2.29. The van der Waals surface area contributed by atoms with Crippen LogP contribution in [0, 0.1) is 22.5 Å². The number of nitrogens with zero attached hydrogens (tertiary/aromatic N) is 3. The van der Waals surface area contributed by atoms with E-state index in [2.05, 4.69) is 22.5 Å². The van der Waals surface area contributed by atoms with Crippen molar-refractivity contribution in [3.05, 3.63) is 15.9 Å². The summed E-state index contributed by atoms with van der Waals surface area (Å²) in [4.78, 5) is 14.5. The zero-order valence-corrected chi connectivity index (χ0v) is 11.7. The second-order valence-electron chi connectivity index (χ2n) is 5.59. The molecule has 106 valence electrons. The largest absolute Gasteiger partial charge is 0.406 e. The number of piperidine rings is 1. The quantitative estimate of drug-likeness (QED) is 0.637. The first-order valence-corrected chi connectivity index (χ1v) is 6.55. The second kappa shape index (κ2) is 5.16. The fraction of sp³-hybridized carbons (Fsp3) is 0.750. The van der Waals surface area contributed by atoms with Crippen molar-refractivity contribution in [1.82, 2.24) is 14.9 Å². The molecule has 7 heteroatoms. The van der Waals surface area contributed by atoms with Crippen molar-refractivity contribution in [1.29, 1.82) is 0 Å². The fourth-order valence-corrected chi connectivity index (χ4v) is 2.48. The third kappa shape index (κ3) is 2.86. The highest BCUT2D eigenvalue weighted by Crippen LogP contribution is 2.29. The van der Waals surface area contributed by atoms with Gasteiger partial charge in [-0.3, -0.25) is 4.57 Å². The number of nitro groups is 1. The number of hydrogen-bond donors (Lipinski definition) is 2. The summed E-state index contributed by atoms with van der Waals surface area (Å²) in [5.74, 6) is 1.04. The van der Waals surface area contributed by atoms with Crippen LogP contribution in [0.1, 0.15) is 25.6 Å². The van der Waals surface area contributed by atoms with Crippen LogP contribution in [-0.4, -0.2) is 34.1 Å². The van der Waals surface area contributed by atoms with Gasteiger partial charge in [0.05, 0.1) is 0 Å². The van der Waals surface area contributed by atoms with Crippen LogP contribution in [0.2, 0.25) is 0 Å². The minimum Gasteiger partial charge on any atom is -0.364 e. The molecule has 1 fully saturated rings. The topological polar surface area (TPSA) is 85.0 Å². The summed E-state index contributed by atoms with van der Waals surface area (Å²) in [6.45, 7) is 6.66. The molecule has 0 spiro atoms. The summed E-state index contributed by atoms with van der Waals surface area (Å²) in [6, 6.07) is 0. The molecule has 2 N–H and O–H groups in total. The molecule has 0 aromatic carbocycles. The maximum absolute atomic E-state index is 11.0. The number of hydrogen-bond acceptors (Lipinski definition) is 5. The van der Waals surface area contributed by atoms with Crippen LogP contribution in [0.25, 0.3) is 0 Å². The van der Waals surface area contributed by atoms with Gasteiger partial charge in [0.2, 0.25) is 11.6 Å². The van der Waals surface area contributed by atoms with E-state index in [9.17, 15) is 10.1 Å². The van der Waals surface area contributed by atoms with Crippen molar-refractivity contribution in [2.45, 2.75) is 26.7 Å². The first kappa shape index (κ1) is 13.8. The van der Waals surface area contributed by atoms with Crippen LogP contribution < -0.4 is 10.6 Å². The molecular weight excluding hydrogens is 246 g/mol. The standard InChI is InChI=1S/C12H21N5O2/c1-9-15-11(17(18)19)10(16(9)3)14-8-12(2)5-4-6-13-7-12/h13-14H,4-8H2,1-3H3. The Bertz CT molecular complexity index is 477. The van der Waals surface area contributed by atoms with Crippen LogP contribution in [0.5, 0.6) is 0 Å². The number of rotatable bonds is 4. The van der Waals surface area contributed by atoms with E-state index >= 15 is 0 Å². The van der Waals surface area contributed by atoms with Crippen molar-refractivity contribution >= 4 is 11.6 Å². The number of nitrogens with one attached hydrogen (secondary N) is 2. The van der Waals surface area contributed by atoms with Gasteiger partial charge < -0.3 is 20.7 Å². The number of aromatic nitrogens is 2. The Hall–Kier alpha value is -1.63. The van der Waals surface area contributed by atoms with E-state index in [1.54, 1.807) is 18.5 Å². The molecule has 0 amide bonds. The molecule has 1 aromatic rings. The number of aryl methyl sites for hydroxylation is 1. The molecule has 19 heavy (non-hydrogen) atoms. The van der Waals surface area contributed by atoms with Gasteiger partial charge in [-0.05, 0) is 34.7 Å². The molecule has 1 aliphatic rings. The predicted molar refractivity (Wildman–Crippen MR) is 73.3 cm³/mol. The van der Waals surface area contributed by atoms with Gasteiger partial charge in [0.1, 0.15) is 0 Å². The summed E-state index contributed by atoms with van der Waals surface area (Å²) in [7, 11) is 1.79. The minimum absolute atomic E-state index is 0.0904. The molecule has 0 aliphatic carbocycles. The predicted octanol–water partition coefficient (Wildman–Crippen LogP) is 1.44. The molecule has 1 saturated heterocycles. The molecule has 1 aliphatic heterocycles. The van der Waals surface area contributed by atoms with E-state index in [1.165, 1.54) is 0 Å². The molecule has 7 nitrogen and oxygen atoms in total. The van der Waals surface area contributed by atoms with Gasteiger partial charge >= 0.3 is 5.82 Å². The molecule has 1 aromatic heterocycles. The monoisotopic (exact) mass is 267 g/mol. The van der Waals surface area contributed by atoms with Gasteiger partial charge in [-0.2, -0.15) is 0 Å². The Morgan fingerprint density at radius 3 is 2.95 bits per heavy atom.